The van der Waals surface area contributed by atoms with E-state index >= 15 is 0 Å². The molecule has 24 heavy (non-hydrogen) atoms. The molecule has 3 rings (SSSR count). The topological polar surface area (TPSA) is 60.3 Å². The highest BCUT2D eigenvalue weighted by atomic mass is 16.5. The molecule has 2 aromatic carbocycles. The minimum atomic E-state index is -0.361. The van der Waals surface area contributed by atoms with Gasteiger partial charge < -0.3 is 9.64 Å². The number of hydrogen-bond acceptors (Lipinski definition) is 5. The number of benzene rings is 2. The van der Waals surface area contributed by atoms with Gasteiger partial charge in [0.15, 0.2) is 5.82 Å². The highest BCUT2D eigenvalue weighted by Gasteiger charge is 2.11. The fourth-order valence-electron chi connectivity index (χ4n) is 2.39. The fraction of sp³-hybridized carbons (Fsp3) is 0.167. The third-order valence-corrected chi connectivity index (χ3v) is 3.72. The molecule has 6 heteroatoms. The summed E-state index contributed by atoms with van der Waals surface area (Å²) in [6.07, 6.45) is 1.52. The van der Waals surface area contributed by atoms with Crippen molar-refractivity contribution in [3.05, 3.63) is 60.4 Å². The Morgan fingerprint density at radius 3 is 2.29 bits per heavy atom. The van der Waals surface area contributed by atoms with Gasteiger partial charge in [-0.25, -0.2) is 14.5 Å². The number of ether oxygens (including phenoxy) is 1. The first-order valence-electron chi connectivity index (χ1n) is 7.46. The van der Waals surface area contributed by atoms with Crippen LogP contribution in [-0.2, 0) is 4.74 Å². The lowest BCUT2D eigenvalue weighted by Gasteiger charge is -2.13. The van der Waals surface area contributed by atoms with Gasteiger partial charge in [-0.2, -0.15) is 5.10 Å². The van der Waals surface area contributed by atoms with E-state index < -0.39 is 0 Å². The SMILES string of the molecule is COC(=O)c1ccc(-n2ncnc2-c2ccc(N(C)C)cc2)cc1. The second-order valence-electron chi connectivity index (χ2n) is 5.48. The van der Waals surface area contributed by atoms with E-state index in [9.17, 15) is 4.79 Å². The molecule has 3 aromatic rings. The molecular formula is C18H18N4O2. The van der Waals surface area contributed by atoms with Gasteiger partial charge in [-0.1, -0.05) is 0 Å². The molecule has 0 aliphatic carbocycles. The van der Waals surface area contributed by atoms with Crippen LogP contribution in [0.2, 0.25) is 0 Å². The molecule has 122 valence electrons. The van der Waals surface area contributed by atoms with Crippen LogP contribution in [0.5, 0.6) is 0 Å². The third-order valence-electron chi connectivity index (χ3n) is 3.72. The minimum Gasteiger partial charge on any atom is -0.465 e. The van der Waals surface area contributed by atoms with Crippen molar-refractivity contribution in [2.24, 2.45) is 0 Å². The van der Waals surface area contributed by atoms with Crippen LogP contribution in [0.1, 0.15) is 10.4 Å². The summed E-state index contributed by atoms with van der Waals surface area (Å²) in [7, 11) is 5.36. The first kappa shape index (κ1) is 15.7. The summed E-state index contributed by atoms with van der Waals surface area (Å²) in [5.41, 5.74) is 3.41. The number of carbonyl (C=O) groups excluding carboxylic acids is 1. The van der Waals surface area contributed by atoms with Crippen LogP contribution in [0.25, 0.3) is 17.1 Å². The molecule has 0 N–H and O–H groups in total. The van der Waals surface area contributed by atoms with Crippen LogP contribution in [0.15, 0.2) is 54.9 Å². The van der Waals surface area contributed by atoms with Crippen molar-refractivity contribution in [3.63, 3.8) is 0 Å². The van der Waals surface area contributed by atoms with Crippen LogP contribution in [0.3, 0.4) is 0 Å². The normalized spacial score (nSPS) is 10.5. The Bertz CT molecular complexity index is 836. The molecule has 0 spiro atoms. The maximum Gasteiger partial charge on any atom is 0.337 e. The molecule has 0 saturated carbocycles. The van der Waals surface area contributed by atoms with Gasteiger partial charge in [0.1, 0.15) is 6.33 Å². The van der Waals surface area contributed by atoms with E-state index in [0.717, 1.165) is 22.8 Å². The largest absolute Gasteiger partial charge is 0.465 e. The summed E-state index contributed by atoms with van der Waals surface area (Å²) in [6, 6.07) is 15.2. The lowest BCUT2D eigenvalue weighted by Crippen LogP contribution is -2.08. The van der Waals surface area contributed by atoms with Crippen molar-refractivity contribution < 1.29 is 9.53 Å². The van der Waals surface area contributed by atoms with Crippen LogP contribution in [-0.4, -0.2) is 41.9 Å². The number of esters is 1. The number of methoxy groups -OCH3 is 1. The monoisotopic (exact) mass is 322 g/mol. The molecule has 0 saturated heterocycles. The molecule has 1 aromatic heterocycles. The molecule has 0 aliphatic rings. The number of rotatable bonds is 4. The van der Waals surface area contributed by atoms with Gasteiger partial charge in [0.2, 0.25) is 0 Å². The van der Waals surface area contributed by atoms with Crippen molar-refractivity contribution in [3.8, 4) is 17.1 Å². The Labute approximate surface area is 140 Å². The summed E-state index contributed by atoms with van der Waals surface area (Å²) in [4.78, 5) is 17.9. The Morgan fingerprint density at radius 2 is 1.71 bits per heavy atom. The van der Waals surface area contributed by atoms with Crippen LogP contribution < -0.4 is 4.90 Å². The van der Waals surface area contributed by atoms with Gasteiger partial charge in [-0.3, -0.25) is 0 Å². The average molecular weight is 322 g/mol. The number of anilines is 1. The average Bonchev–Trinajstić information content (AvgIpc) is 3.11. The Morgan fingerprint density at radius 1 is 1.04 bits per heavy atom. The molecule has 0 unspecified atom stereocenters. The van der Waals surface area contributed by atoms with Crippen molar-refractivity contribution in [1.29, 1.82) is 0 Å². The van der Waals surface area contributed by atoms with Gasteiger partial charge in [0, 0.05) is 25.3 Å². The standard InChI is InChI=1S/C18H18N4O2/c1-21(2)15-8-4-13(5-9-15)17-19-12-20-22(17)16-10-6-14(7-11-16)18(23)24-3/h4-12H,1-3H3. The van der Waals surface area contributed by atoms with E-state index in [2.05, 4.69) is 10.1 Å². The summed E-state index contributed by atoms with van der Waals surface area (Å²) in [6.45, 7) is 0. The zero-order valence-corrected chi connectivity index (χ0v) is 13.8. The molecule has 0 aliphatic heterocycles. The van der Waals surface area contributed by atoms with Gasteiger partial charge in [-0.05, 0) is 48.5 Å². The number of carbonyl (C=O) groups is 1. The van der Waals surface area contributed by atoms with E-state index in [4.69, 9.17) is 4.74 Å². The van der Waals surface area contributed by atoms with Crippen molar-refractivity contribution in [1.82, 2.24) is 14.8 Å². The van der Waals surface area contributed by atoms with E-state index in [1.54, 1.807) is 16.8 Å². The molecule has 0 amide bonds. The smallest absolute Gasteiger partial charge is 0.337 e. The summed E-state index contributed by atoms with van der Waals surface area (Å²) >= 11 is 0. The predicted molar refractivity (Wildman–Crippen MR) is 92.5 cm³/mol. The molecule has 0 fully saturated rings. The van der Waals surface area contributed by atoms with Crippen molar-refractivity contribution >= 4 is 11.7 Å². The van der Waals surface area contributed by atoms with Crippen LogP contribution in [0, 0.1) is 0 Å². The zero-order valence-electron chi connectivity index (χ0n) is 13.8. The van der Waals surface area contributed by atoms with Gasteiger partial charge >= 0.3 is 5.97 Å². The Hall–Kier alpha value is -3.15. The first-order valence-corrected chi connectivity index (χ1v) is 7.46. The van der Waals surface area contributed by atoms with Crippen LogP contribution in [0.4, 0.5) is 5.69 Å². The summed E-state index contributed by atoms with van der Waals surface area (Å²) in [5.74, 6) is 0.380. The van der Waals surface area contributed by atoms with Gasteiger partial charge in [0.25, 0.3) is 0 Å². The Balaban J connectivity index is 1.94. The third kappa shape index (κ3) is 2.99. The molecule has 0 radical (unpaired) electrons. The maximum atomic E-state index is 11.5. The fourth-order valence-corrected chi connectivity index (χ4v) is 2.39. The Kier molecular flexibility index (Phi) is 4.29. The van der Waals surface area contributed by atoms with Crippen molar-refractivity contribution in [2.45, 2.75) is 0 Å². The quantitative estimate of drug-likeness (QED) is 0.691. The second kappa shape index (κ2) is 6.54. The molecule has 0 atom stereocenters. The lowest BCUT2D eigenvalue weighted by molar-refractivity contribution is 0.0601. The number of nitrogens with zero attached hydrogens (tertiary/aromatic N) is 4. The second-order valence-corrected chi connectivity index (χ2v) is 5.48. The number of aromatic nitrogens is 3. The van der Waals surface area contributed by atoms with E-state index in [1.165, 1.54) is 13.4 Å². The number of hydrogen-bond donors (Lipinski definition) is 0. The zero-order chi connectivity index (χ0) is 17.1. The molecular weight excluding hydrogens is 304 g/mol. The molecule has 6 nitrogen and oxygen atoms in total. The van der Waals surface area contributed by atoms with E-state index in [-0.39, 0.29) is 5.97 Å². The maximum absolute atomic E-state index is 11.5. The lowest BCUT2D eigenvalue weighted by atomic mass is 10.1. The van der Waals surface area contributed by atoms with Gasteiger partial charge in [-0.15, -0.1) is 0 Å². The molecule has 1 heterocycles. The van der Waals surface area contributed by atoms with E-state index in [0.29, 0.717) is 5.56 Å². The highest BCUT2D eigenvalue weighted by molar-refractivity contribution is 5.89. The minimum absolute atomic E-state index is 0.361. The van der Waals surface area contributed by atoms with Crippen molar-refractivity contribution in [2.75, 3.05) is 26.1 Å². The predicted octanol–water partition coefficient (Wildman–Crippen LogP) is 2.79. The summed E-state index contributed by atoms with van der Waals surface area (Å²) < 4.78 is 6.45. The van der Waals surface area contributed by atoms with Crippen LogP contribution >= 0.6 is 0 Å². The first-order chi connectivity index (χ1) is 11.6. The highest BCUT2D eigenvalue weighted by Crippen LogP contribution is 2.23. The summed E-state index contributed by atoms with van der Waals surface area (Å²) in [5, 5.41) is 4.29. The molecule has 0 bridgehead atoms. The van der Waals surface area contributed by atoms with Gasteiger partial charge in [0.05, 0.1) is 18.4 Å². The van der Waals surface area contributed by atoms with E-state index in [1.807, 2.05) is 55.4 Å².